The van der Waals surface area contributed by atoms with E-state index in [0.29, 0.717) is 6.42 Å². The Hall–Kier alpha value is -1.91. The van der Waals surface area contributed by atoms with Crippen LogP contribution in [0.5, 0.6) is 0 Å². The average Bonchev–Trinajstić information content (AvgIpc) is 2.38. The zero-order chi connectivity index (χ0) is 14.5. The third-order valence-corrected chi connectivity index (χ3v) is 3.92. The maximum Gasteiger partial charge on any atom is 0.321 e. The third kappa shape index (κ3) is 4.05. The van der Waals surface area contributed by atoms with Gasteiger partial charge in [-0.15, -0.1) is 0 Å². The highest BCUT2D eigenvalue weighted by molar-refractivity contribution is 7.89. The molecule has 1 unspecified atom stereocenters. The first kappa shape index (κ1) is 15.1. The number of nitrogens with one attached hydrogen (secondary N) is 1. The number of carbonyl (C=O) groups is 1. The first-order valence-corrected chi connectivity index (χ1v) is 7.14. The lowest BCUT2D eigenvalue weighted by atomic mass is 10.2. The molecule has 2 N–H and O–H groups in total. The average molecular weight is 282 g/mol. The van der Waals surface area contributed by atoms with Crippen molar-refractivity contribution < 1.29 is 18.3 Å². The SMILES string of the molecule is CCCC(NS(=O)(=O)c1cccc(C#N)c1)C(=O)O. The van der Waals surface area contributed by atoms with Gasteiger partial charge in [-0.1, -0.05) is 19.4 Å². The number of aliphatic carboxylic acids is 1. The van der Waals surface area contributed by atoms with Gasteiger partial charge in [-0.2, -0.15) is 9.98 Å². The summed E-state index contributed by atoms with van der Waals surface area (Å²) in [6.07, 6.45) is 0.740. The van der Waals surface area contributed by atoms with Crippen LogP contribution in [-0.2, 0) is 14.8 Å². The van der Waals surface area contributed by atoms with Crippen molar-refractivity contribution in [1.29, 1.82) is 5.26 Å². The van der Waals surface area contributed by atoms with Crippen LogP contribution in [0.4, 0.5) is 0 Å². The molecule has 7 heteroatoms. The summed E-state index contributed by atoms with van der Waals surface area (Å²) in [5, 5.41) is 17.7. The van der Waals surface area contributed by atoms with Crippen LogP contribution in [0.25, 0.3) is 0 Å². The van der Waals surface area contributed by atoms with E-state index >= 15 is 0 Å². The van der Waals surface area contributed by atoms with E-state index in [1.165, 1.54) is 24.3 Å². The van der Waals surface area contributed by atoms with E-state index in [0.717, 1.165) is 0 Å². The minimum absolute atomic E-state index is 0.117. The summed E-state index contributed by atoms with van der Waals surface area (Å²) in [5.41, 5.74) is 0.199. The Morgan fingerprint density at radius 3 is 2.74 bits per heavy atom. The first-order valence-electron chi connectivity index (χ1n) is 5.66. The summed E-state index contributed by atoms with van der Waals surface area (Å²) in [5.74, 6) is -1.22. The summed E-state index contributed by atoms with van der Waals surface area (Å²) in [4.78, 5) is 10.8. The van der Waals surface area contributed by atoms with Crippen molar-refractivity contribution in [3.05, 3.63) is 29.8 Å². The lowest BCUT2D eigenvalue weighted by Crippen LogP contribution is -2.40. The fraction of sp³-hybridized carbons (Fsp3) is 0.333. The van der Waals surface area contributed by atoms with E-state index in [9.17, 15) is 13.2 Å². The molecule has 1 aromatic rings. The van der Waals surface area contributed by atoms with Crippen LogP contribution in [0.1, 0.15) is 25.3 Å². The molecule has 1 aromatic carbocycles. The molecule has 0 aliphatic heterocycles. The zero-order valence-corrected chi connectivity index (χ0v) is 11.1. The minimum Gasteiger partial charge on any atom is -0.480 e. The van der Waals surface area contributed by atoms with Crippen LogP contribution in [0, 0.1) is 11.3 Å². The lowest BCUT2D eigenvalue weighted by Gasteiger charge is -2.13. The number of nitriles is 1. The predicted molar refractivity (Wildman–Crippen MR) is 67.8 cm³/mol. The molecule has 0 radical (unpaired) electrons. The minimum atomic E-state index is -3.94. The van der Waals surface area contributed by atoms with E-state index in [2.05, 4.69) is 4.72 Å². The number of carboxylic acid groups (broad SMARTS) is 1. The molecule has 0 aliphatic rings. The highest BCUT2D eigenvalue weighted by Crippen LogP contribution is 2.12. The molecule has 0 amide bonds. The van der Waals surface area contributed by atoms with Gasteiger partial charge in [0, 0.05) is 0 Å². The Balaban J connectivity index is 3.03. The Labute approximate surface area is 111 Å². The smallest absolute Gasteiger partial charge is 0.321 e. The Kier molecular flexibility index (Phi) is 5.03. The van der Waals surface area contributed by atoms with Crippen molar-refractivity contribution in [2.75, 3.05) is 0 Å². The number of carboxylic acids is 1. The monoisotopic (exact) mass is 282 g/mol. The second-order valence-electron chi connectivity index (χ2n) is 3.94. The van der Waals surface area contributed by atoms with Crippen molar-refractivity contribution >= 4 is 16.0 Å². The van der Waals surface area contributed by atoms with E-state index < -0.39 is 22.0 Å². The zero-order valence-electron chi connectivity index (χ0n) is 10.3. The molecular weight excluding hydrogens is 268 g/mol. The largest absolute Gasteiger partial charge is 0.480 e. The van der Waals surface area contributed by atoms with Gasteiger partial charge in [0.15, 0.2) is 0 Å². The quantitative estimate of drug-likeness (QED) is 0.812. The highest BCUT2D eigenvalue weighted by Gasteiger charge is 2.24. The van der Waals surface area contributed by atoms with Gasteiger partial charge in [0.25, 0.3) is 0 Å². The fourth-order valence-corrected chi connectivity index (χ4v) is 2.78. The number of nitrogens with zero attached hydrogens (tertiary/aromatic N) is 1. The maximum absolute atomic E-state index is 12.0. The first-order chi connectivity index (χ1) is 8.90. The Bertz CT molecular complexity index is 604. The molecule has 102 valence electrons. The Morgan fingerprint density at radius 1 is 1.53 bits per heavy atom. The molecule has 19 heavy (non-hydrogen) atoms. The summed E-state index contributed by atoms with van der Waals surface area (Å²) >= 11 is 0. The normalized spacial score (nSPS) is 12.6. The number of hydrogen-bond acceptors (Lipinski definition) is 4. The molecule has 0 aliphatic carbocycles. The van der Waals surface area contributed by atoms with Crippen LogP contribution < -0.4 is 4.72 Å². The number of rotatable bonds is 6. The van der Waals surface area contributed by atoms with Gasteiger partial charge in [0.2, 0.25) is 10.0 Å². The molecular formula is C12H14N2O4S. The van der Waals surface area contributed by atoms with E-state index in [1.807, 2.05) is 6.07 Å². The van der Waals surface area contributed by atoms with Crippen LogP contribution >= 0.6 is 0 Å². The van der Waals surface area contributed by atoms with Crippen molar-refractivity contribution in [1.82, 2.24) is 4.72 Å². The molecule has 0 aromatic heterocycles. The third-order valence-electron chi connectivity index (χ3n) is 2.45. The van der Waals surface area contributed by atoms with Crippen LogP contribution in [0.3, 0.4) is 0 Å². The molecule has 0 spiro atoms. The van der Waals surface area contributed by atoms with Crippen molar-refractivity contribution in [3.8, 4) is 6.07 Å². The van der Waals surface area contributed by atoms with E-state index in [-0.39, 0.29) is 16.9 Å². The van der Waals surface area contributed by atoms with Gasteiger partial charge in [0.1, 0.15) is 6.04 Å². The number of hydrogen-bond donors (Lipinski definition) is 2. The van der Waals surface area contributed by atoms with Crippen LogP contribution in [0.15, 0.2) is 29.2 Å². The van der Waals surface area contributed by atoms with Crippen LogP contribution in [-0.4, -0.2) is 25.5 Å². The van der Waals surface area contributed by atoms with Gasteiger partial charge in [-0.25, -0.2) is 8.42 Å². The van der Waals surface area contributed by atoms with E-state index in [1.54, 1.807) is 6.92 Å². The van der Waals surface area contributed by atoms with Crippen molar-refractivity contribution in [3.63, 3.8) is 0 Å². The van der Waals surface area contributed by atoms with Gasteiger partial charge >= 0.3 is 5.97 Å². The molecule has 0 saturated heterocycles. The van der Waals surface area contributed by atoms with Gasteiger partial charge in [-0.3, -0.25) is 4.79 Å². The molecule has 0 bridgehead atoms. The number of benzene rings is 1. The second-order valence-corrected chi connectivity index (χ2v) is 5.65. The summed E-state index contributed by atoms with van der Waals surface area (Å²) < 4.78 is 26.1. The summed E-state index contributed by atoms with van der Waals surface area (Å²) in [7, 11) is -3.94. The maximum atomic E-state index is 12.0. The highest BCUT2D eigenvalue weighted by atomic mass is 32.2. The lowest BCUT2D eigenvalue weighted by molar-refractivity contribution is -0.139. The summed E-state index contributed by atoms with van der Waals surface area (Å²) in [6, 6.07) is 6.09. The van der Waals surface area contributed by atoms with E-state index in [4.69, 9.17) is 10.4 Å². The van der Waals surface area contributed by atoms with Gasteiger partial charge in [-0.05, 0) is 24.6 Å². The number of sulfonamides is 1. The van der Waals surface area contributed by atoms with Crippen molar-refractivity contribution in [2.24, 2.45) is 0 Å². The molecule has 0 heterocycles. The fourth-order valence-electron chi connectivity index (χ4n) is 1.51. The van der Waals surface area contributed by atoms with Crippen molar-refractivity contribution in [2.45, 2.75) is 30.7 Å². The Morgan fingerprint density at radius 2 is 2.21 bits per heavy atom. The topological polar surface area (TPSA) is 107 Å². The molecule has 0 saturated carbocycles. The van der Waals surface area contributed by atoms with Crippen LogP contribution in [0.2, 0.25) is 0 Å². The standard InChI is InChI=1S/C12H14N2O4S/c1-2-4-11(12(15)16)14-19(17,18)10-6-3-5-9(7-10)8-13/h3,5-7,11,14H,2,4H2,1H3,(H,15,16). The predicted octanol–water partition coefficient (Wildman–Crippen LogP) is 1.09. The second kappa shape index (κ2) is 6.31. The molecule has 0 fully saturated rings. The molecule has 6 nitrogen and oxygen atoms in total. The van der Waals surface area contributed by atoms with Gasteiger partial charge < -0.3 is 5.11 Å². The molecule has 1 rings (SSSR count). The summed E-state index contributed by atoms with van der Waals surface area (Å²) in [6.45, 7) is 1.76. The van der Waals surface area contributed by atoms with Gasteiger partial charge in [0.05, 0.1) is 16.5 Å². The molecule has 1 atom stereocenters.